The third-order valence-corrected chi connectivity index (χ3v) is 4.96. The van der Waals surface area contributed by atoms with Crippen LogP contribution in [0.15, 0.2) is 18.2 Å². The number of carbonyl (C=O) groups excluding carboxylic acids is 1. The lowest BCUT2D eigenvalue weighted by Crippen LogP contribution is -2.44. The van der Waals surface area contributed by atoms with Gasteiger partial charge in [-0.1, -0.05) is 0 Å². The maximum atomic E-state index is 12.6. The summed E-state index contributed by atoms with van der Waals surface area (Å²) in [5.41, 5.74) is 1.86. The molecule has 1 unspecified atom stereocenters. The first kappa shape index (κ1) is 19.2. The number of aromatic nitrogens is 2. The zero-order chi connectivity index (χ0) is 19.8. The molecular weight excluding hydrogens is 359 g/mol. The fourth-order valence-electron chi connectivity index (χ4n) is 3.10. The summed E-state index contributed by atoms with van der Waals surface area (Å²) in [6.07, 6.45) is -1.47. The number of carbonyl (C=O) groups is 1. The van der Waals surface area contributed by atoms with Crippen LogP contribution in [0.4, 0.5) is 19.1 Å². The Morgan fingerprint density at radius 3 is 2.74 bits per heavy atom. The zero-order valence-corrected chi connectivity index (χ0v) is 15.0. The maximum absolute atomic E-state index is 12.6. The van der Waals surface area contributed by atoms with Gasteiger partial charge in [-0.2, -0.15) is 18.4 Å². The van der Waals surface area contributed by atoms with Crippen molar-refractivity contribution in [2.24, 2.45) is 0 Å². The highest BCUT2D eigenvalue weighted by atomic mass is 19.4. The summed E-state index contributed by atoms with van der Waals surface area (Å²) >= 11 is 0. The van der Waals surface area contributed by atoms with E-state index in [0.29, 0.717) is 17.0 Å². The molecule has 0 radical (unpaired) electrons. The minimum absolute atomic E-state index is 0.155. The van der Waals surface area contributed by atoms with E-state index in [0.717, 1.165) is 29.7 Å². The van der Waals surface area contributed by atoms with Crippen molar-refractivity contribution in [3.63, 3.8) is 0 Å². The molecule has 0 spiro atoms. The van der Waals surface area contributed by atoms with Gasteiger partial charge in [0.2, 0.25) is 11.9 Å². The van der Waals surface area contributed by atoms with E-state index in [1.165, 1.54) is 14.0 Å². The molecule has 1 aromatic carbocycles. The van der Waals surface area contributed by atoms with Crippen molar-refractivity contribution in [1.82, 2.24) is 14.5 Å². The van der Waals surface area contributed by atoms with Crippen LogP contribution in [0.5, 0.6) is 0 Å². The van der Waals surface area contributed by atoms with Crippen LogP contribution in [-0.2, 0) is 4.79 Å². The number of imidazole rings is 1. The average molecular weight is 379 g/mol. The molecule has 3 rings (SSSR count). The van der Waals surface area contributed by atoms with Crippen LogP contribution in [0.2, 0.25) is 0 Å². The summed E-state index contributed by atoms with van der Waals surface area (Å²) in [5, 5.41) is 11.8. The number of nitrogens with zero attached hydrogens (tertiary/aromatic N) is 4. The van der Waals surface area contributed by atoms with E-state index in [1.807, 2.05) is 4.57 Å². The lowest BCUT2D eigenvalue weighted by Gasteiger charge is -2.30. The molecule has 144 valence electrons. The van der Waals surface area contributed by atoms with Crippen LogP contribution < -0.4 is 5.32 Å². The third kappa shape index (κ3) is 4.06. The Morgan fingerprint density at radius 2 is 2.19 bits per heavy atom. The van der Waals surface area contributed by atoms with Crippen molar-refractivity contribution in [3.8, 4) is 6.07 Å². The van der Waals surface area contributed by atoms with Crippen molar-refractivity contribution in [2.45, 2.75) is 44.4 Å². The molecule has 1 fully saturated rings. The quantitative estimate of drug-likeness (QED) is 0.864. The van der Waals surface area contributed by atoms with Crippen molar-refractivity contribution in [3.05, 3.63) is 23.8 Å². The Balaban J connectivity index is 1.88. The smallest absolute Gasteiger partial charge is 0.307 e. The van der Waals surface area contributed by atoms with Gasteiger partial charge in [-0.05, 0) is 51.4 Å². The van der Waals surface area contributed by atoms with Crippen LogP contribution in [0.25, 0.3) is 11.0 Å². The second kappa shape index (κ2) is 7.19. The van der Waals surface area contributed by atoms with Crippen LogP contribution in [0.1, 0.15) is 37.8 Å². The number of hydrogen-bond donors (Lipinski definition) is 1. The molecule has 1 atom stereocenters. The molecule has 2 aromatic rings. The molecule has 1 aromatic heterocycles. The predicted octanol–water partition coefficient (Wildman–Crippen LogP) is 3.45. The first-order valence-corrected chi connectivity index (χ1v) is 8.69. The summed E-state index contributed by atoms with van der Waals surface area (Å²) in [4.78, 5) is 17.9. The van der Waals surface area contributed by atoms with Gasteiger partial charge in [0.25, 0.3) is 0 Å². The second-order valence-electron chi connectivity index (χ2n) is 6.90. The molecule has 1 amide bonds. The monoisotopic (exact) mass is 379 g/mol. The molecule has 1 N–H and O–H groups in total. The molecular formula is C18H20F3N5O. The molecule has 1 heterocycles. The second-order valence-corrected chi connectivity index (χ2v) is 6.90. The SMILES string of the molecule is CC(C(=O)Nc1nc2ccc(C#N)cc2n1C1CCC1)N(C)CC(F)(F)F. The number of nitrogens with one attached hydrogen (secondary N) is 1. The number of rotatable bonds is 5. The number of amides is 1. The van der Waals surface area contributed by atoms with Gasteiger partial charge in [0.05, 0.1) is 35.3 Å². The van der Waals surface area contributed by atoms with Crippen molar-refractivity contribution in [1.29, 1.82) is 5.26 Å². The normalized spacial score (nSPS) is 16.2. The Kier molecular flexibility index (Phi) is 5.11. The molecule has 1 aliphatic rings. The molecule has 9 heteroatoms. The van der Waals surface area contributed by atoms with Crippen molar-refractivity contribution < 1.29 is 18.0 Å². The Hall–Kier alpha value is -2.60. The fourth-order valence-corrected chi connectivity index (χ4v) is 3.10. The van der Waals surface area contributed by atoms with E-state index >= 15 is 0 Å². The predicted molar refractivity (Wildman–Crippen MR) is 94.1 cm³/mol. The van der Waals surface area contributed by atoms with Crippen LogP contribution >= 0.6 is 0 Å². The molecule has 1 saturated carbocycles. The third-order valence-electron chi connectivity index (χ3n) is 4.96. The van der Waals surface area contributed by atoms with Gasteiger partial charge in [-0.15, -0.1) is 0 Å². The first-order valence-electron chi connectivity index (χ1n) is 8.69. The number of halogens is 3. The summed E-state index contributed by atoms with van der Waals surface area (Å²) in [5.74, 6) is -0.250. The van der Waals surface area contributed by atoms with Gasteiger partial charge < -0.3 is 4.57 Å². The van der Waals surface area contributed by atoms with Crippen LogP contribution in [0.3, 0.4) is 0 Å². The number of anilines is 1. The summed E-state index contributed by atoms with van der Waals surface area (Å²) in [6, 6.07) is 6.33. The molecule has 6 nitrogen and oxygen atoms in total. The molecule has 0 bridgehead atoms. The van der Waals surface area contributed by atoms with E-state index in [2.05, 4.69) is 16.4 Å². The molecule has 0 saturated heterocycles. The Labute approximate surface area is 154 Å². The summed E-state index contributed by atoms with van der Waals surface area (Å²) < 4.78 is 39.6. The van der Waals surface area contributed by atoms with E-state index in [9.17, 15) is 18.0 Å². The molecule has 27 heavy (non-hydrogen) atoms. The summed E-state index contributed by atoms with van der Waals surface area (Å²) in [6.45, 7) is 0.247. The minimum atomic E-state index is -4.38. The first-order chi connectivity index (χ1) is 12.7. The van der Waals surface area contributed by atoms with Gasteiger partial charge in [0.1, 0.15) is 0 Å². The van der Waals surface area contributed by atoms with E-state index < -0.39 is 24.7 Å². The van der Waals surface area contributed by atoms with Gasteiger partial charge in [0, 0.05) is 6.04 Å². The highest BCUT2D eigenvalue weighted by Gasteiger charge is 2.33. The molecule has 1 aliphatic carbocycles. The van der Waals surface area contributed by atoms with E-state index in [4.69, 9.17) is 5.26 Å². The van der Waals surface area contributed by atoms with Gasteiger partial charge in [0.15, 0.2) is 0 Å². The fraction of sp³-hybridized carbons (Fsp3) is 0.500. The van der Waals surface area contributed by atoms with Crippen LogP contribution in [0, 0.1) is 11.3 Å². The Morgan fingerprint density at radius 1 is 1.48 bits per heavy atom. The van der Waals surface area contributed by atoms with E-state index in [1.54, 1.807) is 18.2 Å². The maximum Gasteiger partial charge on any atom is 0.401 e. The highest BCUT2D eigenvalue weighted by Crippen LogP contribution is 2.37. The topological polar surface area (TPSA) is 74.0 Å². The number of fused-ring (bicyclic) bond motifs is 1. The van der Waals surface area contributed by atoms with Crippen molar-refractivity contribution in [2.75, 3.05) is 18.9 Å². The number of likely N-dealkylation sites (N-methyl/N-ethyl adjacent to an activating group) is 1. The Bertz CT molecular complexity index is 895. The number of nitriles is 1. The molecule has 0 aliphatic heterocycles. The number of alkyl halides is 3. The average Bonchev–Trinajstić information content (AvgIpc) is 2.88. The van der Waals surface area contributed by atoms with Crippen LogP contribution in [-0.4, -0.2) is 46.2 Å². The summed E-state index contributed by atoms with van der Waals surface area (Å²) in [7, 11) is 1.26. The largest absolute Gasteiger partial charge is 0.401 e. The highest BCUT2D eigenvalue weighted by molar-refractivity contribution is 5.95. The zero-order valence-electron chi connectivity index (χ0n) is 15.0. The van der Waals surface area contributed by atoms with Gasteiger partial charge >= 0.3 is 6.18 Å². The van der Waals surface area contributed by atoms with E-state index in [-0.39, 0.29) is 6.04 Å². The van der Waals surface area contributed by atoms with Gasteiger partial charge in [-0.3, -0.25) is 15.0 Å². The minimum Gasteiger partial charge on any atom is -0.307 e. The number of benzene rings is 1. The van der Waals surface area contributed by atoms with Gasteiger partial charge in [-0.25, -0.2) is 4.98 Å². The lowest BCUT2D eigenvalue weighted by molar-refractivity contribution is -0.149. The standard InChI is InChI=1S/C18H20F3N5O/c1-11(25(2)10-18(19,20)21)16(27)24-17-23-14-7-6-12(9-22)8-15(14)26(17)13-4-3-5-13/h6-8,11,13H,3-5,10H2,1-2H3,(H,23,24,27). The lowest BCUT2D eigenvalue weighted by atomic mass is 9.92. The number of hydrogen-bond acceptors (Lipinski definition) is 4. The van der Waals surface area contributed by atoms with Crippen molar-refractivity contribution >= 4 is 22.9 Å².